The molecule has 8 heteroatoms. The summed E-state index contributed by atoms with van der Waals surface area (Å²) in [5.74, 6) is -0.325. The van der Waals surface area contributed by atoms with Crippen LogP contribution in [0.1, 0.15) is 35.7 Å². The van der Waals surface area contributed by atoms with Gasteiger partial charge < -0.3 is 10.6 Å². The standard InChI is InChI=1S/C20H22N4O3S/c1-2-3-10-23(19(26)15-9-11-28-13-15)16-17(21)24(20(27)22-18(16)25)12-14-7-5-4-6-8-14/h4-9,11,13H,2-3,10,12,21H2,1H3,(H,22,25,27). The van der Waals surface area contributed by atoms with Gasteiger partial charge >= 0.3 is 5.69 Å². The first-order valence-electron chi connectivity index (χ1n) is 9.03. The van der Waals surface area contributed by atoms with Crippen molar-refractivity contribution in [2.75, 3.05) is 17.2 Å². The highest BCUT2D eigenvalue weighted by Gasteiger charge is 2.25. The fourth-order valence-electron chi connectivity index (χ4n) is 2.93. The second kappa shape index (κ2) is 8.71. The van der Waals surface area contributed by atoms with Gasteiger partial charge in [0.05, 0.1) is 12.1 Å². The van der Waals surface area contributed by atoms with E-state index >= 15 is 0 Å². The number of carbonyl (C=O) groups excluding carboxylic acids is 1. The maximum absolute atomic E-state index is 13.0. The molecule has 0 unspecified atom stereocenters. The van der Waals surface area contributed by atoms with Crippen LogP contribution in [0.2, 0.25) is 0 Å². The molecule has 7 nitrogen and oxygen atoms in total. The van der Waals surface area contributed by atoms with E-state index in [1.807, 2.05) is 37.3 Å². The normalized spacial score (nSPS) is 10.8. The molecule has 146 valence electrons. The second-order valence-electron chi connectivity index (χ2n) is 6.39. The van der Waals surface area contributed by atoms with Crippen LogP contribution in [-0.2, 0) is 6.54 Å². The maximum Gasteiger partial charge on any atom is 0.330 e. The monoisotopic (exact) mass is 398 g/mol. The van der Waals surface area contributed by atoms with E-state index in [9.17, 15) is 14.4 Å². The molecule has 0 aliphatic carbocycles. The van der Waals surface area contributed by atoms with Gasteiger partial charge in [0.2, 0.25) is 0 Å². The third-order valence-corrected chi connectivity index (χ3v) is 5.10. The first-order chi connectivity index (χ1) is 13.5. The van der Waals surface area contributed by atoms with Crippen LogP contribution in [0.25, 0.3) is 0 Å². The summed E-state index contributed by atoms with van der Waals surface area (Å²) in [6.45, 7) is 2.53. The smallest absolute Gasteiger partial charge is 0.330 e. The Morgan fingerprint density at radius 2 is 1.96 bits per heavy atom. The minimum atomic E-state index is -0.661. The number of rotatable bonds is 7. The zero-order chi connectivity index (χ0) is 20.1. The van der Waals surface area contributed by atoms with Gasteiger partial charge in [-0.2, -0.15) is 11.3 Å². The van der Waals surface area contributed by atoms with Gasteiger partial charge in [-0.15, -0.1) is 0 Å². The molecule has 3 N–H and O–H groups in total. The minimum absolute atomic E-state index is 0.0141. The number of unbranched alkanes of at least 4 members (excludes halogenated alkanes) is 1. The largest absolute Gasteiger partial charge is 0.383 e. The highest BCUT2D eigenvalue weighted by atomic mass is 32.1. The van der Waals surface area contributed by atoms with Crippen molar-refractivity contribution in [2.24, 2.45) is 0 Å². The number of hydrogen-bond acceptors (Lipinski definition) is 5. The summed E-state index contributed by atoms with van der Waals surface area (Å²) < 4.78 is 1.28. The zero-order valence-electron chi connectivity index (χ0n) is 15.6. The molecule has 1 aromatic carbocycles. The summed E-state index contributed by atoms with van der Waals surface area (Å²) in [7, 11) is 0. The average Bonchev–Trinajstić information content (AvgIpc) is 3.22. The Morgan fingerprint density at radius 3 is 2.61 bits per heavy atom. The van der Waals surface area contributed by atoms with Crippen LogP contribution in [0.15, 0.2) is 56.7 Å². The fraction of sp³-hybridized carbons (Fsp3) is 0.250. The number of nitrogens with one attached hydrogen (secondary N) is 1. The molecular weight excluding hydrogens is 376 g/mol. The zero-order valence-corrected chi connectivity index (χ0v) is 16.4. The molecule has 1 amide bonds. The molecule has 0 aliphatic rings. The van der Waals surface area contributed by atoms with Gasteiger partial charge in [-0.25, -0.2) is 4.79 Å². The molecule has 2 aromatic heterocycles. The van der Waals surface area contributed by atoms with Gasteiger partial charge in [-0.1, -0.05) is 43.7 Å². The molecule has 2 heterocycles. The fourth-order valence-corrected chi connectivity index (χ4v) is 3.56. The van der Waals surface area contributed by atoms with Crippen LogP contribution < -0.4 is 21.9 Å². The number of aromatic amines is 1. The van der Waals surface area contributed by atoms with Crippen molar-refractivity contribution < 1.29 is 4.79 Å². The molecular formula is C20H22N4O3S. The topological polar surface area (TPSA) is 101 Å². The predicted molar refractivity (Wildman–Crippen MR) is 112 cm³/mol. The summed E-state index contributed by atoms with van der Waals surface area (Å²) in [6, 6.07) is 11.0. The summed E-state index contributed by atoms with van der Waals surface area (Å²) >= 11 is 1.40. The summed E-state index contributed by atoms with van der Waals surface area (Å²) in [5.41, 5.74) is 6.35. The highest BCUT2D eigenvalue weighted by molar-refractivity contribution is 7.08. The molecule has 0 radical (unpaired) electrons. The van der Waals surface area contributed by atoms with Crippen molar-refractivity contribution in [1.82, 2.24) is 9.55 Å². The Balaban J connectivity index is 2.09. The van der Waals surface area contributed by atoms with E-state index in [2.05, 4.69) is 4.98 Å². The average molecular weight is 398 g/mol. The van der Waals surface area contributed by atoms with Crippen molar-refractivity contribution in [1.29, 1.82) is 0 Å². The van der Waals surface area contributed by atoms with E-state index in [1.54, 1.807) is 16.8 Å². The third-order valence-electron chi connectivity index (χ3n) is 4.42. The number of anilines is 2. The summed E-state index contributed by atoms with van der Waals surface area (Å²) in [4.78, 5) is 41.7. The van der Waals surface area contributed by atoms with Gasteiger partial charge in [-0.05, 0) is 23.4 Å². The van der Waals surface area contributed by atoms with E-state index in [0.717, 1.165) is 12.0 Å². The van der Waals surface area contributed by atoms with E-state index in [1.165, 1.54) is 20.8 Å². The molecule has 3 rings (SSSR count). The number of thiophene rings is 1. The number of nitrogens with two attached hydrogens (primary N) is 1. The molecule has 0 spiro atoms. The SMILES string of the molecule is CCCCN(C(=O)c1ccsc1)c1c(N)n(Cc2ccccc2)c(=O)[nH]c1=O. The Morgan fingerprint density at radius 1 is 1.21 bits per heavy atom. The van der Waals surface area contributed by atoms with E-state index in [0.29, 0.717) is 18.5 Å². The minimum Gasteiger partial charge on any atom is -0.383 e. The first kappa shape index (κ1) is 19.6. The number of nitrogens with zero attached hydrogens (tertiary/aromatic N) is 2. The van der Waals surface area contributed by atoms with Crippen LogP contribution in [0.3, 0.4) is 0 Å². The lowest BCUT2D eigenvalue weighted by molar-refractivity contribution is 0.0986. The van der Waals surface area contributed by atoms with Crippen molar-refractivity contribution in [3.8, 4) is 0 Å². The van der Waals surface area contributed by atoms with Crippen molar-refractivity contribution in [3.05, 3.63) is 79.1 Å². The molecule has 28 heavy (non-hydrogen) atoms. The van der Waals surface area contributed by atoms with Gasteiger partial charge in [0.15, 0.2) is 5.69 Å². The molecule has 0 saturated carbocycles. The number of carbonyl (C=O) groups is 1. The predicted octanol–water partition coefficient (Wildman–Crippen LogP) is 2.68. The lowest BCUT2D eigenvalue weighted by Crippen LogP contribution is -2.41. The quantitative estimate of drug-likeness (QED) is 0.639. The van der Waals surface area contributed by atoms with Gasteiger partial charge in [0.1, 0.15) is 5.82 Å². The summed E-state index contributed by atoms with van der Waals surface area (Å²) in [5, 5.41) is 3.53. The van der Waals surface area contributed by atoms with E-state index < -0.39 is 11.2 Å². The second-order valence-corrected chi connectivity index (χ2v) is 7.17. The van der Waals surface area contributed by atoms with Crippen LogP contribution in [0.4, 0.5) is 11.5 Å². The number of nitrogen functional groups attached to an aromatic ring is 1. The summed E-state index contributed by atoms with van der Waals surface area (Å²) in [6.07, 6.45) is 1.54. The molecule has 0 aliphatic heterocycles. The van der Waals surface area contributed by atoms with Crippen LogP contribution in [-0.4, -0.2) is 22.0 Å². The molecule has 0 atom stereocenters. The number of hydrogen-bond donors (Lipinski definition) is 2. The van der Waals surface area contributed by atoms with Gasteiger partial charge in [-0.3, -0.25) is 19.1 Å². The Bertz CT molecular complexity index is 1060. The number of H-pyrrole nitrogens is 1. The van der Waals surface area contributed by atoms with E-state index in [-0.39, 0.29) is 24.0 Å². The van der Waals surface area contributed by atoms with Crippen molar-refractivity contribution in [2.45, 2.75) is 26.3 Å². The van der Waals surface area contributed by atoms with Crippen LogP contribution in [0.5, 0.6) is 0 Å². The molecule has 0 fully saturated rings. The Labute approximate surface area is 166 Å². The maximum atomic E-state index is 13.0. The van der Waals surface area contributed by atoms with Gasteiger partial charge in [0, 0.05) is 11.9 Å². The molecule has 0 bridgehead atoms. The lowest BCUT2D eigenvalue weighted by atomic mass is 10.2. The lowest BCUT2D eigenvalue weighted by Gasteiger charge is -2.24. The number of benzene rings is 1. The van der Waals surface area contributed by atoms with Crippen LogP contribution >= 0.6 is 11.3 Å². The van der Waals surface area contributed by atoms with Crippen molar-refractivity contribution in [3.63, 3.8) is 0 Å². The van der Waals surface area contributed by atoms with Crippen molar-refractivity contribution >= 4 is 28.7 Å². The van der Waals surface area contributed by atoms with Crippen LogP contribution in [0, 0.1) is 0 Å². The van der Waals surface area contributed by atoms with E-state index in [4.69, 9.17) is 5.73 Å². The first-order valence-corrected chi connectivity index (χ1v) is 9.97. The highest BCUT2D eigenvalue weighted by Crippen LogP contribution is 2.21. The number of aromatic nitrogens is 2. The Kier molecular flexibility index (Phi) is 6.10. The third kappa shape index (κ3) is 4.07. The Hall–Kier alpha value is -3.13. The molecule has 0 saturated heterocycles. The van der Waals surface area contributed by atoms with Gasteiger partial charge in [0.25, 0.3) is 11.5 Å². The number of amides is 1. The molecule has 3 aromatic rings.